The minimum atomic E-state index is -0.921. The summed E-state index contributed by atoms with van der Waals surface area (Å²) < 4.78 is 0. The van der Waals surface area contributed by atoms with Crippen molar-refractivity contribution in [2.75, 3.05) is 0 Å². The number of carbonyl (C=O) groups is 1. The topological polar surface area (TPSA) is 110 Å². The zero-order chi connectivity index (χ0) is 13.0. The molecule has 0 aliphatic heterocycles. The van der Waals surface area contributed by atoms with Crippen LogP contribution in [-0.2, 0) is 4.79 Å². The number of non-ortho nitro benzene ring substituents is 1. The molecule has 1 amide bonds. The van der Waals surface area contributed by atoms with Crippen LogP contribution < -0.4 is 5.73 Å². The molecule has 1 rings (SSSR count). The molecule has 0 saturated heterocycles. The molecule has 0 spiro atoms. The van der Waals surface area contributed by atoms with Gasteiger partial charge in [-0.05, 0) is 12.1 Å². The fourth-order valence-electron chi connectivity index (χ4n) is 1.07. The van der Waals surface area contributed by atoms with Crippen LogP contribution in [0.1, 0.15) is 5.56 Å². The monoisotopic (exact) mass is 251 g/mol. The number of nitriles is 1. The number of halogens is 1. The zero-order valence-electron chi connectivity index (χ0n) is 8.38. The van der Waals surface area contributed by atoms with Crippen LogP contribution in [-0.4, -0.2) is 10.8 Å². The Morgan fingerprint density at radius 3 is 2.71 bits per heavy atom. The third-order valence-electron chi connectivity index (χ3n) is 1.88. The van der Waals surface area contributed by atoms with Crippen molar-refractivity contribution in [3.8, 4) is 6.07 Å². The largest absolute Gasteiger partial charge is 0.365 e. The lowest BCUT2D eigenvalue weighted by Gasteiger charge is -1.99. The van der Waals surface area contributed by atoms with Gasteiger partial charge in [0.2, 0.25) is 0 Å². The molecule has 1 aromatic rings. The number of benzene rings is 1. The van der Waals surface area contributed by atoms with E-state index in [1.54, 1.807) is 6.07 Å². The Bertz CT molecular complexity index is 560. The Hall–Kier alpha value is -2.39. The summed E-state index contributed by atoms with van der Waals surface area (Å²) in [6, 6.07) is 5.26. The Labute approximate surface area is 101 Å². The fourth-order valence-corrected chi connectivity index (χ4v) is 1.24. The van der Waals surface area contributed by atoms with Gasteiger partial charge < -0.3 is 5.73 Å². The Balaban J connectivity index is 3.32. The normalized spacial score (nSPS) is 10.7. The molecule has 86 valence electrons. The van der Waals surface area contributed by atoms with Crippen molar-refractivity contribution in [3.05, 3.63) is 44.5 Å². The van der Waals surface area contributed by atoms with E-state index in [4.69, 9.17) is 22.6 Å². The minimum absolute atomic E-state index is 0.185. The second-order valence-corrected chi connectivity index (χ2v) is 3.40. The average Bonchev–Trinajstić information content (AvgIpc) is 2.27. The molecule has 0 atom stereocenters. The van der Waals surface area contributed by atoms with Crippen LogP contribution in [0.25, 0.3) is 6.08 Å². The van der Waals surface area contributed by atoms with Crippen LogP contribution in [0.15, 0.2) is 23.8 Å². The summed E-state index contributed by atoms with van der Waals surface area (Å²) in [6.45, 7) is 0. The van der Waals surface area contributed by atoms with Crippen LogP contribution in [0.4, 0.5) is 5.69 Å². The summed E-state index contributed by atoms with van der Waals surface area (Å²) in [5.74, 6) is -0.921. The number of nitrogens with two attached hydrogens (primary N) is 1. The first kappa shape index (κ1) is 12.7. The lowest BCUT2D eigenvalue weighted by Crippen LogP contribution is -2.12. The van der Waals surface area contributed by atoms with E-state index < -0.39 is 10.8 Å². The number of amides is 1. The highest BCUT2D eigenvalue weighted by Gasteiger charge is 2.10. The maximum atomic E-state index is 10.8. The molecular weight excluding hydrogens is 246 g/mol. The lowest BCUT2D eigenvalue weighted by molar-refractivity contribution is -0.384. The van der Waals surface area contributed by atoms with Gasteiger partial charge in [-0.1, -0.05) is 11.6 Å². The summed E-state index contributed by atoms with van der Waals surface area (Å²) in [4.78, 5) is 20.8. The first-order chi connectivity index (χ1) is 7.95. The van der Waals surface area contributed by atoms with Gasteiger partial charge in [-0.3, -0.25) is 14.9 Å². The van der Waals surface area contributed by atoms with Gasteiger partial charge >= 0.3 is 0 Å². The second kappa shape index (κ2) is 5.09. The van der Waals surface area contributed by atoms with E-state index in [2.05, 4.69) is 0 Å². The van der Waals surface area contributed by atoms with Crippen molar-refractivity contribution in [1.82, 2.24) is 0 Å². The summed E-state index contributed by atoms with van der Waals surface area (Å²) in [5.41, 5.74) is 4.61. The lowest BCUT2D eigenvalue weighted by atomic mass is 10.1. The van der Waals surface area contributed by atoms with E-state index in [1.165, 1.54) is 12.1 Å². The summed E-state index contributed by atoms with van der Waals surface area (Å²) in [5, 5.41) is 19.4. The van der Waals surface area contributed by atoms with Crippen LogP contribution in [0.3, 0.4) is 0 Å². The fraction of sp³-hybridized carbons (Fsp3) is 0. The molecule has 0 heterocycles. The third-order valence-corrected chi connectivity index (χ3v) is 2.22. The summed E-state index contributed by atoms with van der Waals surface area (Å²) in [7, 11) is 0. The molecule has 6 nitrogen and oxygen atoms in total. The van der Waals surface area contributed by atoms with Crippen LogP contribution in [0, 0.1) is 21.4 Å². The minimum Gasteiger partial charge on any atom is -0.365 e. The van der Waals surface area contributed by atoms with Gasteiger partial charge in [0, 0.05) is 22.7 Å². The molecule has 2 N–H and O–H groups in total. The van der Waals surface area contributed by atoms with Crippen LogP contribution in [0.5, 0.6) is 0 Å². The molecule has 7 heteroatoms. The molecule has 0 saturated carbocycles. The Morgan fingerprint density at radius 2 is 2.24 bits per heavy atom. The van der Waals surface area contributed by atoms with Crippen molar-refractivity contribution < 1.29 is 9.72 Å². The molecule has 0 bridgehead atoms. The van der Waals surface area contributed by atoms with E-state index in [0.29, 0.717) is 0 Å². The first-order valence-corrected chi connectivity index (χ1v) is 4.69. The van der Waals surface area contributed by atoms with E-state index in [9.17, 15) is 14.9 Å². The van der Waals surface area contributed by atoms with Crippen molar-refractivity contribution in [2.45, 2.75) is 0 Å². The second-order valence-electron chi connectivity index (χ2n) is 3.00. The molecule has 17 heavy (non-hydrogen) atoms. The zero-order valence-corrected chi connectivity index (χ0v) is 9.14. The number of hydrogen-bond donors (Lipinski definition) is 1. The molecule has 1 aromatic carbocycles. The van der Waals surface area contributed by atoms with E-state index in [0.717, 1.165) is 12.1 Å². The van der Waals surface area contributed by atoms with Gasteiger partial charge in [-0.25, -0.2) is 0 Å². The summed E-state index contributed by atoms with van der Waals surface area (Å²) in [6.07, 6.45) is 1.11. The van der Waals surface area contributed by atoms with Crippen molar-refractivity contribution in [1.29, 1.82) is 5.26 Å². The predicted octanol–water partition coefficient (Wildman–Crippen LogP) is 1.64. The van der Waals surface area contributed by atoms with Crippen molar-refractivity contribution in [2.24, 2.45) is 5.73 Å². The average molecular weight is 252 g/mol. The molecular formula is C10H6ClN3O3. The number of nitrogens with zero attached hydrogens (tertiary/aromatic N) is 2. The number of primary amides is 1. The Morgan fingerprint density at radius 1 is 1.59 bits per heavy atom. The third kappa shape index (κ3) is 3.03. The molecule has 0 aromatic heterocycles. The highest BCUT2D eigenvalue weighted by atomic mass is 35.5. The first-order valence-electron chi connectivity index (χ1n) is 4.31. The summed E-state index contributed by atoms with van der Waals surface area (Å²) >= 11 is 5.78. The van der Waals surface area contributed by atoms with Gasteiger partial charge in [0.25, 0.3) is 11.6 Å². The maximum Gasteiger partial charge on any atom is 0.270 e. The van der Waals surface area contributed by atoms with Crippen LogP contribution >= 0.6 is 11.6 Å². The number of nitro benzene ring substituents is 1. The Kier molecular flexibility index (Phi) is 3.80. The smallest absolute Gasteiger partial charge is 0.270 e. The molecule has 0 aliphatic rings. The SMILES string of the molecule is N#C/C(=C\c1cc([N+](=O)[O-])ccc1Cl)C(N)=O. The predicted molar refractivity (Wildman–Crippen MR) is 60.9 cm³/mol. The van der Waals surface area contributed by atoms with E-state index in [-0.39, 0.29) is 21.8 Å². The molecule has 0 fully saturated rings. The van der Waals surface area contributed by atoms with Gasteiger partial charge in [0.1, 0.15) is 11.6 Å². The van der Waals surface area contributed by atoms with Gasteiger partial charge in [-0.15, -0.1) is 0 Å². The highest BCUT2D eigenvalue weighted by Crippen LogP contribution is 2.24. The number of carbonyl (C=O) groups excluding carboxylic acids is 1. The molecule has 0 radical (unpaired) electrons. The van der Waals surface area contributed by atoms with E-state index in [1.807, 2.05) is 0 Å². The van der Waals surface area contributed by atoms with Gasteiger partial charge in [0.15, 0.2) is 0 Å². The quantitative estimate of drug-likeness (QED) is 0.381. The van der Waals surface area contributed by atoms with Gasteiger partial charge in [0.05, 0.1) is 4.92 Å². The van der Waals surface area contributed by atoms with Crippen molar-refractivity contribution in [3.63, 3.8) is 0 Å². The number of rotatable bonds is 3. The highest BCUT2D eigenvalue weighted by molar-refractivity contribution is 6.32. The van der Waals surface area contributed by atoms with Gasteiger partial charge in [-0.2, -0.15) is 5.26 Å². The standard InChI is InChI=1S/C10H6ClN3O3/c11-9-2-1-8(14(16)17)4-6(9)3-7(5-12)10(13)15/h1-4H,(H2,13,15)/b7-3+. The van der Waals surface area contributed by atoms with Crippen LogP contribution in [0.2, 0.25) is 5.02 Å². The number of hydrogen-bond acceptors (Lipinski definition) is 4. The van der Waals surface area contributed by atoms with E-state index >= 15 is 0 Å². The van der Waals surface area contributed by atoms with Crippen molar-refractivity contribution >= 4 is 29.3 Å². The molecule has 0 aliphatic carbocycles. The maximum absolute atomic E-state index is 10.8. The molecule has 0 unspecified atom stereocenters. The number of nitro groups is 1.